The van der Waals surface area contributed by atoms with E-state index in [1.807, 2.05) is 37.3 Å². The van der Waals surface area contributed by atoms with Gasteiger partial charge in [0.05, 0.1) is 0 Å². The second-order valence-electron chi connectivity index (χ2n) is 3.53. The van der Waals surface area contributed by atoms with Crippen molar-refractivity contribution in [2.24, 2.45) is 0 Å². The number of nitrogens with one attached hydrogen (secondary N) is 1. The molecule has 0 atom stereocenters. The first-order chi connectivity index (χ1) is 8.31. The molecule has 17 heavy (non-hydrogen) atoms. The molecule has 0 spiro atoms. The van der Waals surface area contributed by atoms with Gasteiger partial charge in [-0.1, -0.05) is 25.1 Å². The number of benzene rings is 1. The van der Waals surface area contributed by atoms with Gasteiger partial charge in [0.2, 0.25) is 5.89 Å². The van der Waals surface area contributed by atoms with E-state index < -0.39 is 0 Å². The zero-order chi connectivity index (χ0) is 12.1. The van der Waals surface area contributed by atoms with Gasteiger partial charge in [-0.05, 0) is 18.6 Å². The Morgan fingerprint density at radius 3 is 2.76 bits per heavy atom. The average molecular weight is 231 g/mol. The number of amides is 1. The predicted octanol–water partition coefficient (Wildman–Crippen LogP) is 1.88. The van der Waals surface area contributed by atoms with Crippen LogP contribution >= 0.6 is 0 Å². The number of hydrogen-bond donors (Lipinski definition) is 1. The van der Waals surface area contributed by atoms with Gasteiger partial charge in [-0.15, -0.1) is 10.2 Å². The second kappa shape index (κ2) is 5.25. The van der Waals surface area contributed by atoms with Crippen LogP contribution in [0.2, 0.25) is 0 Å². The van der Waals surface area contributed by atoms with Crippen LogP contribution in [0, 0.1) is 0 Å². The Morgan fingerprint density at radius 1 is 1.29 bits per heavy atom. The first kappa shape index (κ1) is 11.3. The number of aromatic nitrogens is 2. The average Bonchev–Trinajstić information content (AvgIpc) is 2.86. The van der Waals surface area contributed by atoms with Crippen LogP contribution in [0.25, 0.3) is 11.5 Å². The maximum absolute atomic E-state index is 11.5. The highest BCUT2D eigenvalue weighted by atomic mass is 16.4. The van der Waals surface area contributed by atoms with Crippen LogP contribution in [-0.4, -0.2) is 22.6 Å². The van der Waals surface area contributed by atoms with Gasteiger partial charge in [-0.3, -0.25) is 4.79 Å². The van der Waals surface area contributed by atoms with Gasteiger partial charge < -0.3 is 9.73 Å². The molecule has 1 aromatic carbocycles. The summed E-state index contributed by atoms with van der Waals surface area (Å²) in [5.41, 5.74) is 0.801. The highest BCUT2D eigenvalue weighted by Crippen LogP contribution is 2.16. The summed E-state index contributed by atoms with van der Waals surface area (Å²) in [6.07, 6.45) is 0.866. The van der Waals surface area contributed by atoms with Crippen LogP contribution in [0.3, 0.4) is 0 Å². The van der Waals surface area contributed by atoms with Crippen molar-refractivity contribution in [3.63, 3.8) is 0 Å². The number of nitrogens with zero attached hydrogens (tertiary/aromatic N) is 2. The van der Waals surface area contributed by atoms with Crippen molar-refractivity contribution in [1.82, 2.24) is 15.5 Å². The smallest absolute Gasteiger partial charge is 0.308 e. The summed E-state index contributed by atoms with van der Waals surface area (Å²) in [6, 6.07) is 9.34. The summed E-state index contributed by atoms with van der Waals surface area (Å²) in [7, 11) is 0. The summed E-state index contributed by atoms with van der Waals surface area (Å²) in [5.74, 6) is 0.0195. The third-order valence-electron chi connectivity index (χ3n) is 2.18. The Kier molecular flexibility index (Phi) is 3.49. The highest BCUT2D eigenvalue weighted by molar-refractivity contribution is 5.89. The third kappa shape index (κ3) is 2.69. The number of carbonyl (C=O) groups excluding carboxylic acids is 1. The molecular formula is C12H13N3O2. The van der Waals surface area contributed by atoms with Gasteiger partial charge in [-0.25, -0.2) is 0 Å². The molecular weight excluding hydrogens is 218 g/mol. The SMILES string of the molecule is CCCNC(=O)c1nnc(-c2ccccc2)o1. The summed E-state index contributed by atoms with van der Waals surface area (Å²) in [6.45, 7) is 2.57. The maximum atomic E-state index is 11.5. The molecule has 0 radical (unpaired) electrons. The minimum atomic E-state index is -0.332. The molecule has 0 fully saturated rings. The summed E-state index contributed by atoms with van der Waals surface area (Å²) >= 11 is 0. The monoisotopic (exact) mass is 231 g/mol. The van der Waals surface area contributed by atoms with Gasteiger partial charge in [0.15, 0.2) is 0 Å². The molecule has 88 valence electrons. The topological polar surface area (TPSA) is 68.0 Å². The molecule has 0 unspecified atom stereocenters. The largest absolute Gasteiger partial charge is 0.412 e. The van der Waals surface area contributed by atoms with Crippen LogP contribution in [0.15, 0.2) is 34.7 Å². The number of rotatable bonds is 4. The van der Waals surface area contributed by atoms with Crippen LogP contribution in [0.5, 0.6) is 0 Å². The molecule has 1 amide bonds. The fourth-order valence-corrected chi connectivity index (χ4v) is 1.33. The van der Waals surface area contributed by atoms with E-state index in [2.05, 4.69) is 15.5 Å². The molecule has 1 N–H and O–H groups in total. The van der Waals surface area contributed by atoms with Gasteiger partial charge in [0, 0.05) is 12.1 Å². The fraction of sp³-hybridized carbons (Fsp3) is 0.250. The molecule has 5 heteroatoms. The summed E-state index contributed by atoms with van der Waals surface area (Å²) < 4.78 is 5.29. The molecule has 5 nitrogen and oxygen atoms in total. The first-order valence-electron chi connectivity index (χ1n) is 5.48. The van der Waals surface area contributed by atoms with Crippen LogP contribution in [0.4, 0.5) is 0 Å². The minimum Gasteiger partial charge on any atom is -0.412 e. The highest BCUT2D eigenvalue weighted by Gasteiger charge is 2.14. The molecule has 2 aromatic rings. The fourth-order valence-electron chi connectivity index (χ4n) is 1.33. The van der Waals surface area contributed by atoms with Gasteiger partial charge >= 0.3 is 11.8 Å². The second-order valence-corrected chi connectivity index (χ2v) is 3.53. The lowest BCUT2D eigenvalue weighted by molar-refractivity contribution is 0.0919. The zero-order valence-electron chi connectivity index (χ0n) is 9.51. The molecule has 0 aliphatic carbocycles. The molecule has 0 aliphatic heterocycles. The Balaban J connectivity index is 2.14. The van der Waals surface area contributed by atoms with Gasteiger partial charge in [-0.2, -0.15) is 0 Å². The lowest BCUT2D eigenvalue weighted by Gasteiger charge is -1.97. The Labute approximate surface area is 98.9 Å². The predicted molar refractivity (Wildman–Crippen MR) is 62.4 cm³/mol. The molecule has 0 bridgehead atoms. The maximum Gasteiger partial charge on any atom is 0.308 e. The van der Waals surface area contributed by atoms with E-state index >= 15 is 0 Å². The molecule has 0 saturated carbocycles. The van der Waals surface area contributed by atoms with Gasteiger partial charge in [0.25, 0.3) is 0 Å². The lowest BCUT2D eigenvalue weighted by Crippen LogP contribution is -2.24. The van der Waals surface area contributed by atoms with Crippen LogP contribution in [-0.2, 0) is 0 Å². The molecule has 1 heterocycles. The quantitative estimate of drug-likeness (QED) is 0.872. The van der Waals surface area contributed by atoms with Crippen LogP contribution < -0.4 is 5.32 Å². The molecule has 1 aromatic heterocycles. The lowest BCUT2D eigenvalue weighted by atomic mass is 10.2. The van der Waals surface area contributed by atoms with E-state index in [0.29, 0.717) is 12.4 Å². The van der Waals surface area contributed by atoms with Crippen molar-refractivity contribution < 1.29 is 9.21 Å². The van der Waals surface area contributed by atoms with E-state index in [0.717, 1.165) is 12.0 Å². The van der Waals surface area contributed by atoms with Gasteiger partial charge in [0.1, 0.15) is 0 Å². The zero-order valence-corrected chi connectivity index (χ0v) is 9.51. The Bertz CT molecular complexity index is 493. The van der Waals surface area contributed by atoms with Crippen molar-refractivity contribution in [2.45, 2.75) is 13.3 Å². The van der Waals surface area contributed by atoms with Crippen molar-refractivity contribution in [2.75, 3.05) is 6.54 Å². The van der Waals surface area contributed by atoms with E-state index in [1.54, 1.807) is 0 Å². The van der Waals surface area contributed by atoms with E-state index in [4.69, 9.17) is 4.42 Å². The molecule has 0 saturated heterocycles. The normalized spacial score (nSPS) is 10.2. The van der Waals surface area contributed by atoms with Crippen molar-refractivity contribution in [1.29, 1.82) is 0 Å². The van der Waals surface area contributed by atoms with Crippen LogP contribution in [0.1, 0.15) is 24.0 Å². The summed E-state index contributed by atoms with van der Waals surface area (Å²) in [5, 5.41) is 10.2. The van der Waals surface area contributed by atoms with Crippen molar-refractivity contribution >= 4 is 5.91 Å². The minimum absolute atomic E-state index is 0.00250. The van der Waals surface area contributed by atoms with Crippen molar-refractivity contribution in [3.05, 3.63) is 36.2 Å². The van der Waals surface area contributed by atoms with E-state index in [1.165, 1.54) is 0 Å². The first-order valence-corrected chi connectivity index (χ1v) is 5.48. The molecule has 2 rings (SSSR count). The molecule has 0 aliphatic rings. The Hall–Kier alpha value is -2.17. The summed E-state index contributed by atoms with van der Waals surface area (Å²) in [4.78, 5) is 11.5. The third-order valence-corrected chi connectivity index (χ3v) is 2.18. The van der Waals surface area contributed by atoms with E-state index in [-0.39, 0.29) is 11.8 Å². The number of hydrogen-bond acceptors (Lipinski definition) is 4. The standard InChI is InChI=1S/C12H13N3O2/c1-2-8-13-10(16)12-15-14-11(17-12)9-6-4-3-5-7-9/h3-7H,2,8H2,1H3,(H,13,16). The van der Waals surface area contributed by atoms with E-state index in [9.17, 15) is 4.79 Å². The van der Waals surface area contributed by atoms with Crippen molar-refractivity contribution in [3.8, 4) is 11.5 Å². The number of carbonyl (C=O) groups is 1. The Morgan fingerprint density at radius 2 is 2.06 bits per heavy atom.